The van der Waals surface area contributed by atoms with Gasteiger partial charge >= 0.3 is 23.5 Å². The molecule has 0 saturated heterocycles. The van der Waals surface area contributed by atoms with E-state index in [9.17, 15) is 19.2 Å². The number of aromatic nitrogens is 1. The normalized spacial score (nSPS) is 33.4. The summed E-state index contributed by atoms with van der Waals surface area (Å²) in [5.74, 6) is -1.58. The molecule has 5 rings (SSSR count). The van der Waals surface area contributed by atoms with Crippen LogP contribution in [0.15, 0.2) is 39.8 Å². The Balaban J connectivity index is 1.71. The lowest BCUT2D eigenvalue weighted by Crippen LogP contribution is -2.71. The molecule has 2 saturated carbocycles. The van der Waals surface area contributed by atoms with E-state index in [0.717, 1.165) is 0 Å². The van der Waals surface area contributed by atoms with Crippen LogP contribution in [0.5, 0.6) is 5.75 Å². The van der Waals surface area contributed by atoms with Gasteiger partial charge in [0.15, 0.2) is 0 Å². The zero-order chi connectivity index (χ0) is 32.7. The van der Waals surface area contributed by atoms with Gasteiger partial charge in [-0.15, -0.1) is 0 Å². The van der Waals surface area contributed by atoms with Gasteiger partial charge in [-0.25, -0.2) is 4.79 Å². The third kappa shape index (κ3) is 5.75. The predicted molar refractivity (Wildman–Crippen MR) is 161 cm³/mol. The molecule has 1 aliphatic heterocycles. The molecular weight excluding hydrogens is 582 g/mol. The second kappa shape index (κ2) is 12.2. The minimum atomic E-state index is -1.13. The molecule has 244 valence electrons. The third-order valence-electron chi connectivity index (χ3n) is 10.2. The molecule has 2 aromatic heterocycles. The molecule has 2 aromatic rings. The van der Waals surface area contributed by atoms with E-state index >= 15 is 0 Å². The van der Waals surface area contributed by atoms with Crippen molar-refractivity contribution in [3.8, 4) is 17.1 Å². The van der Waals surface area contributed by atoms with Crippen LogP contribution in [0.2, 0.25) is 0 Å². The fraction of sp³-hybridized carbons (Fsp3) is 0.618. The summed E-state index contributed by atoms with van der Waals surface area (Å²) in [6.07, 6.45) is 3.22. The lowest BCUT2D eigenvalue weighted by molar-refractivity contribution is -0.275. The fourth-order valence-corrected chi connectivity index (χ4v) is 8.42. The summed E-state index contributed by atoms with van der Waals surface area (Å²) in [4.78, 5) is 55.0. The zero-order valence-corrected chi connectivity index (χ0v) is 27.0. The Morgan fingerprint density at radius 1 is 1.04 bits per heavy atom. The van der Waals surface area contributed by atoms with Crippen LogP contribution in [-0.4, -0.2) is 53.9 Å². The first kappa shape index (κ1) is 32.7. The van der Waals surface area contributed by atoms with Crippen LogP contribution in [0, 0.1) is 22.7 Å². The second-order valence-electron chi connectivity index (χ2n) is 13.3. The maximum Gasteiger partial charge on any atom is 0.345 e. The van der Waals surface area contributed by atoms with E-state index in [-0.39, 0.29) is 18.1 Å². The summed E-state index contributed by atoms with van der Waals surface area (Å²) in [5.41, 5.74) is -2.29. The number of hydrogen-bond donors (Lipinski definition) is 0. The molecule has 2 unspecified atom stereocenters. The summed E-state index contributed by atoms with van der Waals surface area (Å²) in [6, 6.07) is 5.21. The van der Waals surface area contributed by atoms with Crippen LogP contribution in [0.1, 0.15) is 85.8 Å². The van der Waals surface area contributed by atoms with Gasteiger partial charge < -0.3 is 28.1 Å². The van der Waals surface area contributed by atoms with Crippen molar-refractivity contribution in [3.63, 3.8) is 0 Å². The summed E-state index contributed by atoms with van der Waals surface area (Å²) < 4.78 is 36.8. The maximum absolute atomic E-state index is 13.9. The quantitative estimate of drug-likeness (QED) is 0.283. The number of nitrogens with zero attached hydrogens (tertiary/aromatic N) is 1. The highest BCUT2D eigenvalue weighted by Gasteiger charge is 2.71. The van der Waals surface area contributed by atoms with E-state index in [4.69, 9.17) is 28.1 Å². The Morgan fingerprint density at radius 3 is 2.38 bits per heavy atom. The summed E-state index contributed by atoms with van der Waals surface area (Å²) >= 11 is 0. The number of ether oxygens (including phenoxy) is 5. The van der Waals surface area contributed by atoms with Crippen molar-refractivity contribution >= 4 is 17.9 Å². The second-order valence-corrected chi connectivity index (χ2v) is 13.3. The lowest BCUT2D eigenvalue weighted by atomic mass is 9.42. The van der Waals surface area contributed by atoms with Gasteiger partial charge in [0.1, 0.15) is 47.6 Å². The topological polar surface area (TPSA) is 140 Å². The average molecular weight is 626 g/mol. The highest BCUT2D eigenvalue weighted by atomic mass is 16.6. The number of fused-ring (bicyclic) bond motifs is 4. The molecule has 0 aromatic carbocycles. The molecule has 0 amide bonds. The van der Waals surface area contributed by atoms with Gasteiger partial charge in [-0.05, 0) is 56.1 Å². The molecule has 0 spiro atoms. The number of rotatable bonds is 8. The molecule has 45 heavy (non-hydrogen) atoms. The Bertz CT molecular complexity index is 1510. The monoisotopic (exact) mass is 625 g/mol. The Labute approximate surface area is 262 Å². The SMILES string of the molecule is CCCO[C@H]1c2c(cc(-c3cccnc3)oc2=O)O[C@@]2(C)C1[C@@]1(C)CC[C@H](OC(C)=O)[C@@](C)(COC(C)=O)C1C[C@@H]2OC(C)=O. The summed E-state index contributed by atoms with van der Waals surface area (Å²) in [7, 11) is 0. The Hall–Kier alpha value is -3.73. The van der Waals surface area contributed by atoms with E-state index < -0.39 is 64.2 Å². The first-order valence-corrected chi connectivity index (χ1v) is 15.6. The van der Waals surface area contributed by atoms with Crippen molar-refractivity contribution in [2.24, 2.45) is 22.7 Å². The third-order valence-corrected chi connectivity index (χ3v) is 10.2. The Morgan fingerprint density at radius 2 is 1.76 bits per heavy atom. The summed E-state index contributed by atoms with van der Waals surface area (Å²) in [5, 5.41) is 0. The summed E-state index contributed by atoms with van der Waals surface area (Å²) in [6.45, 7) is 12.4. The molecule has 2 fully saturated rings. The molecule has 8 atom stereocenters. The number of carbonyl (C=O) groups excluding carboxylic acids is 3. The van der Waals surface area contributed by atoms with Crippen LogP contribution in [0.3, 0.4) is 0 Å². The van der Waals surface area contributed by atoms with Gasteiger partial charge in [0.05, 0.1) is 0 Å². The molecule has 11 heteroatoms. The number of esters is 3. The van der Waals surface area contributed by atoms with Gasteiger partial charge in [-0.3, -0.25) is 19.4 Å². The molecule has 0 bridgehead atoms. The van der Waals surface area contributed by atoms with Crippen molar-refractivity contribution in [1.29, 1.82) is 0 Å². The van der Waals surface area contributed by atoms with Crippen molar-refractivity contribution in [2.45, 2.75) is 98.1 Å². The molecule has 0 radical (unpaired) electrons. The zero-order valence-electron chi connectivity index (χ0n) is 27.0. The van der Waals surface area contributed by atoms with Gasteiger partial charge in [-0.2, -0.15) is 0 Å². The van der Waals surface area contributed by atoms with Crippen LogP contribution >= 0.6 is 0 Å². The molecule has 3 heterocycles. The Kier molecular flexibility index (Phi) is 8.87. The number of carbonyl (C=O) groups is 3. The minimum absolute atomic E-state index is 0.00863. The van der Waals surface area contributed by atoms with E-state index in [1.165, 1.54) is 20.8 Å². The van der Waals surface area contributed by atoms with Crippen LogP contribution in [0.25, 0.3) is 11.3 Å². The standard InChI is InChI=1S/C34H43NO10/c1-8-14-40-29-28-24(15-23(44-31(28)39)22-10-9-13-35-17-22)45-34(7)27(43-21(4)38)16-25-32(5,30(29)34)12-11-26(42-20(3)37)33(25,6)18-41-19(2)36/h9-10,13,15,17,25-27,29-30H,8,11-12,14,16,18H2,1-7H3/t25?,26-,27-,29-,30?,32-,33-,34+/m0/s1. The smallest absolute Gasteiger partial charge is 0.345 e. The van der Waals surface area contributed by atoms with E-state index in [1.54, 1.807) is 30.6 Å². The van der Waals surface area contributed by atoms with Gasteiger partial charge in [0.25, 0.3) is 0 Å². The largest absolute Gasteiger partial charge is 0.482 e. The molecule has 3 aliphatic rings. The van der Waals surface area contributed by atoms with E-state index in [1.807, 2.05) is 20.8 Å². The fourth-order valence-electron chi connectivity index (χ4n) is 8.42. The van der Waals surface area contributed by atoms with Gasteiger partial charge in [-0.1, -0.05) is 20.8 Å². The lowest BCUT2D eigenvalue weighted by Gasteiger charge is -2.66. The van der Waals surface area contributed by atoms with Crippen LogP contribution < -0.4 is 10.4 Å². The highest BCUT2D eigenvalue weighted by molar-refractivity contribution is 5.67. The van der Waals surface area contributed by atoms with Crippen molar-refractivity contribution in [3.05, 3.63) is 46.6 Å². The van der Waals surface area contributed by atoms with Crippen LogP contribution in [0.4, 0.5) is 0 Å². The van der Waals surface area contributed by atoms with Crippen molar-refractivity contribution in [2.75, 3.05) is 13.2 Å². The maximum atomic E-state index is 13.9. The number of pyridine rings is 1. The highest BCUT2D eigenvalue weighted by Crippen LogP contribution is 2.68. The molecule has 0 N–H and O–H groups in total. The average Bonchev–Trinajstić information content (AvgIpc) is 2.97. The van der Waals surface area contributed by atoms with E-state index in [2.05, 4.69) is 11.9 Å². The van der Waals surface area contributed by atoms with Gasteiger partial charge in [0.2, 0.25) is 0 Å². The first-order valence-electron chi connectivity index (χ1n) is 15.6. The van der Waals surface area contributed by atoms with E-state index in [0.29, 0.717) is 49.4 Å². The molecule has 2 aliphatic carbocycles. The van der Waals surface area contributed by atoms with Crippen molar-refractivity contribution in [1.82, 2.24) is 4.98 Å². The first-order chi connectivity index (χ1) is 21.2. The minimum Gasteiger partial charge on any atom is -0.482 e. The van der Waals surface area contributed by atoms with Crippen LogP contribution in [-0.2, 0) is 33.3 Å². The molecular formula is C34H43NO10. The molecule has 11 nitrogen and oxygen atoms in total. The predicted octanol–water partition coefficient (Wildman–Crippen LogP) is 5.19. The number of hydrogen-bond acceptors (Lipinski definition) is 11. The van der Waals surface area contributed by atoms with Crippen molar-refractivity contribution < 1.29 is 42.5 Å². The van der Waals surface area contributed by atoms with Gasteiger partial charge in [0, 0.05) is 62.7 Å².